The Hall–Kier alpha value is -1.58. The van der Waals surface area contributed by atoms with Crippen molar-refractivity contribution in [2.45, 2.75) is 26.8 Å². The molecule has 0 radical (unpaired) electrons. The van der Waals surface area contributed by atoms with Gasteiger partial charge in [-0.2, -0.15) is 0 Å². The van der Waals surface area contributed by atoms with Crippen LogP contribution in [-0.2, 0) is 0 Å². The highest BCUT2D eigenvalue weighted by Gasteiger charge is 2.08. The van der Waals surface area contributed by atoms with Gasteiger partial charge in [0.1, 0.15) is 0 Å². The van der Waals surface area contributed by atoms with E-state index in [-0.39, 0.29) is 6.04 Å². The largest absolute Gasteiger partial charge is 0.356 e. The number of benzene rings is 2. The van der Waals surface area contributed by atoms with Crippen molar-refractivity contribution in [3.8, 4) is 0 Å². The zero-order valence-electron chi connectivity index (χ0n) is 12.4. The first-order valence-electron chi connectivity index (χ1n) is 6.86. The standard InChI is InChI=1S/C17H19ClN2S/c1-11-7-8-14(9-12(11)2)13(3)19-17(21)20-16-6-4-5-15(18)10-16/h4-10,13H,1-3H3,(H2,19,20,21)/t13-/m0/s1. The van der Waals surface area contributed by atoms with Crippen LogP contribution in [0.2, 0.25) is 5.02 Å². The van der Waals surface area contributed by atoms with Gasteiger partial charge in [-0.05, 0) is 67.9 Å². The number of thiocarbonyl (C=S) groups is 1. The molecule has 0 saturated carbocycles. The maximum atomic E-state index is 5.96. The minimum Gasteiger partial charge on any atom is -0.356 e. The highest BCUT2D eigenvalue weighted by Crippen LogP contribution is 2.18. The molecule has 0 aliphatic heterocycles. The molecule has 0 fully saturated rings. The van der Waals surface area contributed by atoms with Crippen LogP contribution >= 0.6 is 23.8 Å². The van der Waals surface area contributed by atoms with Crippen molar-refractivity contribution in [2.75, 3.05) is 5.32 Å². The summed E-state index contributed by atoms with van der Waals surface area (Å²) in [6.45, 7) is 6.33. The van der Waals surface area contributed by atoms with Gasteiger partial charge < -0.3 is 10.6 Å². The highest BCUT2D eigenvalue weighted by molar-refractivity contribution is 7.80. The van der Waals surface area contributed by atoms with Crippen LogP contribution in [-0.4, -0.2) is 5.11 Å². The second kappa shape index (κ2) is 6.92. The van der Waals surface area contributed by atoms with Crippen LogP contribution in [0.15, 0.2) is 42.5 Å². The van der Waals surface area contributed by atoms with E-state index in [1.165, 1.54) is 16.7 Å². The lowest BCUT2D eigenvalue weighted by molar-refractivity contribution is 0.721. The summed E-state index contributed by atoms with van der Waals surface area (Å²) in [7, 11) is 0. The Balaban J connectivity index is 2.00. The molecule has 0 aliphatic rings. The molecule has 110 valence electrons. The van der Waals surface area contributed by atoms with E-state index in [1.807, 2.05) is 24.3 Å². The molecule has 2 rings (SSSR count). The number of aryl methyl sites for hydroxylation is 2. The van der Waals surface area contributed by atoms with Crippen molar-refractivity contribution in [1.82, 2.24) is 5.32 Å². The smallest absolute Gasteiger partial charge is 0.171 e. The number of halogens is 1. The Morgan fingerprint density at radius 2 is 1.86 bits per heavy atom. The Bertz CT molecular complexity index is 655. The third-order valence-corrected chi connectivity index (χ3v) is 3.92. The Kier molecular flexibility index (Phi) is 5.21. The quantitative estimate of drug-likeness (QED) is 0.778. The molecule has 0 spiro atoms. The maximum Gasteiger partial charge on any atom is 0.171 e. The second-order valence-corrected chi connectivity index (χ2v) is 6.02. The van der Waals surface area contributed by atoms with Gasteiger partial charge >= 0.3 is 0 Å². The summed E-state index contributed by atoms with van der Waals surface area (Å²) in [4.78, 5) is 0. The molecule has 0 bridgehead atoms. The van der Waals surface area contributed by atoms with Gasteiger partial charge in [-0.15, -0.1) is 0 Å². The molecule has 2 nitrogen and oxygen atoms in total. The maximum absolute atomic E-state index is 5.96. The van der Waals surface area contributed by atoms with Gasteiger partial charge in [-0.1, -0.05) is 35.9 Å². The van der Waals surface area contributed by atoms with Crippen molar-refractivity contribution in [3.05, 3.63) is 64.2 Å². The molecule has 0 aliphatic carbocycles. The summed E-state index contributed by atoms with van der Waals surface area (Å²) in [5.74, 6) is 0. The predicted molar refractivity (Wildman–Crippen MR) is 95.1 cm³/mol. The summed E-state index contributed by atoms with van der Waals surface area (Å²) in [5, 5.41) is 7.70. The Morgan fingerprint density at radius 3 is 2.52 bits per heavy atom. The molecule has 21 heavy (non-hydrogen) atoms. The molecule has 0 aromatic heterocycles. The Labute approximate surface area is 136 Å². The van der Waals surface area contributed by atoms with Gasteiger partial charge in [0.2, 0.25) is 0 Å². The summed E-state index contributed by atoms with van der Waals surface area (Å²) in [6.07, 6.45) is 0. The van der Waals surface area contributed by atoms with Gasteiger partial charge in [0.25, 0.3) is 0 Å². The molecule has 1 atom stereocenters. The van der Waals surface area contributed by atoms with Gasteiger partial charge in [0.05, 0.1) is 6.04 Å². The number of rotatable bonds is 3. The fourth-order valence-corrected chi connectivity index (χ4v) is 2.53. The zero-order valence-corrected chi connectivity index (χ0v) is 14.0. The van der Waals surface area contributed by atoms with Gasteiger partial charge in [0.15, 0.2) is 5.11 Å². The van der Waals surface area contributed by atoms with Crippen LogP contribution in [0.3, 0.4) is 0 Å². The minimum absolute atomic E-state index is 0.142. The van der Waals surface area contributed by atoms with E-state index < -0.39 is 0 Å². The van der Waals surface area contributed by atoms with Crippen molar-refractivity contribution in [3.63, 3.8) is 0 Å². The molecule has 2 aromatic carbocycles. The molecule has 0 unspecified atom stereocenters. The van der Waals surface area contributed by atoms with Crippen LogP contribution in [0.25, 0.3) is 0 Å². The van der Waals surface area contributed by atoms with Crippen LogP contribution < -0.4 is 10.6 Å². The van der Waals surface area contributed by atoms with E-state index in [1.54, 1.807) is 0 Å². The van der Waals surface area contributed by atoms with Gasteiger partial charge in [-0.25, -0.2) is 0 Å². The molecule has 4 heteroatoms. The predicted octanol–water partition coefficient (Wildman–Crippen LogP) is 5.00. The van der Waals surface area contributed by atoms with Crippen LogP contribution in [0, 0.1) is 13.8 Å². The highest BCUT2D eigenvalue weighted by atomic mass is 35.5. The van der Waals surface area contributed by atoms with Crippen molar-refractivity contribution < 1.29 is 0 Å². The molecular weight excluding hydrogens is 300 g/mol. The van der Waals surface area contributed by atoms with E-state index in [2.05, 4.69) is 49.6 Å². The van der Waals surface area contributed by atoms with Crippen LogP contribution in [0.5, 0.6) is 0 Å². The summed E-state index contributed by atoms with van der Waals surface area (Å²) in [5.41, 5.74) is 4.68. The Morgan fingerprint density at radius 1 is 1.10 bits per heavy atom. The zero-order chi connectivity index (χ0) is 15.4. The van der Waals surface area contributed by atoms with Crippen molar-refractivity contribution >= 4 is 34.6 Å². The molecule has 0 amide bonds. The first-order chi connectivity index (χ1) is 9.95. The van der Waals surface area contributed by atoms with E-state index in [4.69, 9.17) is 23.8 Å². The lowest BCUT2D eigenvalue weighted by Crippen LogP contribution is -2.30. The SMILES string of the molecule is Cc1ccc([C@H](C)NC(=S)Nc2cccc(Cl)c2)cc1C. The summed E-state index contributed by atoms with van der Waals surface area (Å²) < 4.78 is 0. The number of hydrogen-bond donors (Lipinski definition) is 2. The number of hydrogen-bond acceptors (Lipinski definition) is 1. The van der Waals surface area contributed by atoms with Gasteiger partial charge in [0, 0.05) is 10.7 Å². The van der Waals surface area contributed by atoms with E-state index >= 15 is 0 Å². The minimum atomic E-state index is 0.142. The molecule has 0 heterocycles. The molecule has 2 aromatic rings. The molecule has 0 saturated heterocycles. The van der Waals surface area contributed by atoms with Crippen LogP contribution in [0.1, 0.15) is 29.7 Å². The van der Waals surface area contributed by atoms with Crippen LogP contribution in [0.4, 0.5) is 5.69 Å². The number of nitrogens with one attached hydrogen (secondary N) is 2. The van der Waals surface area contributed by atoms with E-state index in [0.717, 1.165) is 5.69 Å². The topological polar surface area (TPSA) is 24.1 Å². The fourth-order valence-electron chi connectivity index (χ4n) is 2.05. The third-order valence-electron chi connectivity index (χ3n) is 3.46. The first kappa shape index (κ1) is 15.8. The normalized spacial score (nSPS) is 11.8. The van der Waals surface area contributed by atoms with Crippen molar-refractivity contribution in [1.29, 1.82) is 0 Å². The lowest BCUT2D eigenvalue weighted by atomic mass is 10.0. The second-order valence-electron chi connectivity index (χ2n) is 5.17. The lowest BCUT2D eigenvalue weighted by Gasteiger charge is -2.18. The summed E-state index contributed by atoms with van der Waals surface area (Å²) in [6, 6.07) is 14.1. The monoisotopic (exact) mass is 318 g/mol. The molecular formula is C17H19ClN2S. The average Bonchev–Trinajstić information content (AvgIpc) is 2.41. The number of anilines is 1. The molecule has 2 N–H and O–H groups in total. The van der Waals surface area contributed by atoms with E-state index in [9.17, 15) is 0 Å². The van der Waals surface area contributed by atoms with Crippen molar-refractivity contribution in [2.24, 2.45) is 0 Å². The first-order valence-corrected chi connectivity index (χ1v) is 7.64. The fraction of sp³-hybridized carbons (Fsp3) is 0.235. The van der Waals surface area contributed by atoms with E-state index in [0.29, 0.717) is 10.1 Å². The average molecular weight is 319 g/mol. The van der Waals surface area contributed by atoms with Gasteiger partial charge in [-0.3, -0.25) is 0 Å². The summed E-state index contributed by atoms with van der Waals surface area (Å²) >= 11 is 11.3. The third kappa shape index (κ3) is 4.45.